The van der Waals surface area contributed by atoms with Crippen molar-refractivity contribution in [2.24, 2.45) is 0 Å². The van der Waals surface area contributed by atoms with E-state index in [1.165, 1.54) is 0 Å². The molecular weight excluding hydrogens is 392 g/mol. The summed E-state index contributed by atoms with van der Waals surface area (Å²) in [6, 6.07) is 0. The van der Waals surface area contributed by atoms with Crippen molar-refractivity contribution < 1.29 is 37.9 Å². The van der Waals surface area contributed by atoms with Crippen LogP contribution in [0.15, 0.2) is 0 Å². The summed E-state index contributed by atoms with van der Waals surface area (Å²) >= 11 is 0. The second-order valence-corrected chi connectivity index (χ2v) is 7.02. The molecule has 0 aromatic rings. The van der Waals surface area contributed by atoms with E-state index in [4.69, 9.17) is 37.9 Å². The van der Waals surface area contributed by atoms with Crippen molar-refractivity contribution in [1.29, 1.82) is 0 Å². The molecule has 0 amide bonds. The number of hydrogen-bond acceptors (Lipinski definition) is 8. The van der Waals surface area contributed by atoms with Crippen LogP contribution in [0, 0.1) is 0 Å². The summed E-state index contributed by atoms with van der Waals surface area (Å²) in [6.45, 7) is 11.1. The Kier molecular flexibility index (Phi) is 23.0. The Morgan fingerprint density at radius 2 is 0.300 bits per heavy atom. The number of ether oxygens (including phenoxy) is 8. The molecule has 180 valence electrons. The van der Waals surface area contributed by atoms with E-state index >= 15 is 0 Å². The highest BCUT2D eigenvalue weighted by molar-refractivity contribution is 4.42. The average Bonchev–Trinajstić information content (AvgIpc) is 2.76. The van der Waals surface area contributed by atoms with Gasteiger partial charge in [-0.2, -0.15) is 0 Å². The first-order valence-electron chi connectivity index (χ1n) is 11.6. The molecule has 0 radical (unpaired) electrons. The second kappa shape index (κ2) is 24.9. The second-order valence-electron chi connectivity index (χ2n) is 7.02. The Morgan fingerprint density at radius 1 is 0.167 bits per heavy atom. The van der Waals surface area contributed by atoms with Crippen LogP contribution in [0.5, 0.6) is 0 Å². The minimum Gasteiger partial charge on any atom is -0.381 e. The lowest BCUT2D eigenvalue weighted by Gasteiger charge is -2.09. The molecule has 0 N–H and O–H groups in total. The highest BCUT2D eigenvalue weighted by Gasteiger charge is 1.97. The van der Waals surface area contributed by atoms with Crippen LogP contribution in [0.25, 0.3) is 0 Å². The van der Waals surface area contributed by atoms with E-state index in [0.29, 0.717) is 52.9 Å². The molecule has 30 heavy (non-hydrogen) atoms. The molecular formula is C22H44O8. The van der Waals surface area contributed by atoms with Crippen molar-refractivity contribution in [2.45, 2.75) is 38.5 Å². The van der Waals surface area contributed by atoms with Crippen LogP contribution in [-0.2, 0) is 37.9 Å². The van der Waals surface area contributed by atoms with Gasteiger partial charge in [0.05, 0.1) is 26.4 Å². The van der Waals surface area contributed by atoms with Gasteiger partial charge >= 0.3 is 0 Å². The largest absolute Gasteiger partial charge is 0.381 e. The lowest BCUT2D eigenvalue weighted by atomic mass is 10.4. The van der Waals surface area contributed by atoms with Gasteiger partial charge < -0.3 is 37.9 Å². The molecule has 0 atom stereocenters. The summed E-state index contributed by atoms with van der Waals surface area (Å²) in [5, 5.41) is 0. The summed E-state index contributed by atoms with van der Waals surface area (Å²) in [7, 11) is 0. The number of rotatable bonds is 0. The highest BCUT2D eigenvalue weighted by atomic mass is 16.5. The fourth-order valence-corrected chi connectivity index (χ4v) is 2.63. The molecule has 8 heteroatoms. The van der Waals surface area contributed by atoms with E-state index in [1.807, 2.05) is 0 Å². The lowest BCUT2D eigenvalue weighted by Crippen LogP contribution is -2.11. The summed E-state index contributed by atoms with van der Waals surface area (Å²) < 4.78 is 44.5. The minimum absolute atomic E-state index is 0.626. The molecule has 1 aliphatic heterocycles. The normalized spacial score (nSPS) is 24.0. The van der Waals surface area contributed by atoms with Crippen LogP contribution in [0.3, 0.4) is 0 Å². The molecule has 1 aliphatic rings. The van der Waals surface area contributed by atoms with Gasteiger partial charge in [0.25, 0.3) is 0 Å². The Bertz CT molecular complexity index is 172. The van der Waals surface area contributed by atoms with Crippen LogP contribution >= 0.6 is 0 Å². The molecule has 0 aliphatic carbocycles. The van der Waals surface area contributed by atoms with Crippen molar-refractivity contribution in [3.05, 3.63) is 0 Å². The minimum atomic E-state index is 0.626. The van der Waals surface area contributed by atoms with Gasteiger partial charge in [0, 0.05) is 79.3 Å². The van der Waals surface area contributed by atoms with Crippen LogP contribution in [0.4, 0.5) is 0 Å². The SMILES string of the molecule is C1COCCCOCCOCCCOCCCOCCCOCCOCCCOC1. The topological polar surface area (TPSA) is 73.8 Å². The van der Waals surface area contributed by atoms with Crippen molar-refractivity contribution >= 4 is 0 Å². The van der Waals surface area contributed by atoms with E-state index in [1.54, 1.807) is 0 Å². The third-order valence-corrected chi connectivity index (χ3v) is 4.21. The van der Waals surface area contributed by atoms with Gasteiger partial charge in [-0.3, -0.25) is 0 Å². The Hall–Kier alpha value is -0.320. The highest BCUT2D eigenvalue weighted by Crippen LogP contribution is 1.94. The van der Waals surface area contributed by atoms with Gasteiger partial charge in [0.15, 0.2) is 0 Å². The van der Waals surface area contributed by atoms with E-state index in [2.05, 4.69) is 0 Å². The third-order valence-electron chi connectivity index (χ3n) is 4.21. The third kappa shape index (κ3) is 22.4. The average molecular weight is 437 g/mol. The fraction of sp³-hybridized carbons (Fsp3) is 1.00. The maximum atomic E-state index is 5.58. The summed E-state index contributed by atoms with van der Waals surface area (Å²) in [6.07, 6.45) is 5.44. The zero-order valence-electron chi connectivity index (χ0n) is 18.8. The van der Waals surface area contributed by atoms with Gasteiger partial charge in [0.2, 0.25) is 0 Å². The quantitative estimate of drug-likeness (QED) is 0.573. The molecule has 1 heterocycles. The van der Waals surface area contributed by atoms with Crippen molar-refractivity contribution in [1.82, 2.24) is 0 Å². The predicted octanol–water partition coefficient (Wildman–Crippen LogP) is 2.47. The zero-order chi connectivity index (χ0) is 21.2. The van der Waals surface area contributed by atoms with Crippen LogP contribution in [0.2, 0.25) is 0 Å². The molecule has 0 aromatic carbocycles. The molecule has 0 saturated carbocycles. The molecule has 0 unspecified atom stereocenters. The van der Waals surface area contributed by atoms with Gasteiger partial charge in [0.1, 0.15) is 0 Å². The van der Waals surface area contributed by atoms with Crippen LogP contribution in [-0.4, -0.2) is 106 Å². The standard InChI is InChI=1S/C22H44O8/c1-7-23-11-3-15-27-19-21-29-17-5-13-25-9-2-10-26-14-6-18-30-22-20-28-16-4-12-24-8-1/h1-22H2. The molecule has 1 rings (SSSR count). The summed E-state index contributed by atoms with van der Waals surface area (Å²) in [4.78, 5) is 0. The first-order chi connectivity index (χ1) is 15.0. The monoisotopic (exact) mass is 436 g/mol. The fourth-order valence-electron chi connectivity index (χ4n) is 2.63. The first-order valence-corrected chi connectivity index (χ1v) is 11.6. The van der Waals surface area contributed by atoms with Crippen molar-refractivity contribution in [2.75, 3.05) is 106 Å². The Morgan fingerprint density at radius 3 is 0.467 bits per heavy atom. The Labute approximate surface area is 182 Å². The summed E-state index contributed by atoms with van der Waals surface area (Å²) in [5.41, 5.74) is 0. The molecule has 0 spiro atoms. The van der Waals surface area contributed by atoms with Gasteiger partial charge in [-0.05, 0) is 38.5 Å². The maximum absolute atomic E-state index is 5.58. The van der Waals surface area contributed by atoms with Gasteiger partial charge in [-0.25, -0.2) is 0 Å². The zero-order valence-corrected chi connectivity index (χ0v) is 18.8. The van der Waals surface area contributed by atoms with E-state index < -0.39 is 0 Å². The summed E-state index contributed by atoms with van der Waals surface area (Å²) in [5.74, 6) is 0. The van der Waals surface area contributed by atoms with Crippen LogP contribution in [0.1, 0.15) is 38.5 Å². The van der Waals surface area contributed by atoms with Gasteiger partial charge in [-0.15, -0.1) is 0 Å². The maximum Gasteiger partial charge on any atom is 0.0700 e. The van der Waals surface area contributed by atoms with Crippen LogP contribution < -0.4 is 0 Å². The van der Waals surface area contributed by atoms with E-state index in [-0.39, 0.29) is 0 Å². The van der Waals surface area contributed by atoms with Crippen molar-refractivity contribution in [3.63, 3.8) is 0 Å². The smallest absolute Gasteiger partial charge is 0.0700 e. The van der Waals surface area contributed by atoms with Gasteiger partial charge in [-0.1, -0.05) is 0 Å². The molecule has 0 aromatic heterocycles. The molecule has 1 fully saturated rings. The Balaban J connectivity index is 2.00. The number of hydrogen-bond donors (Lipinski definition) is 0. The lowest BCUT2D eigenvalue weighted by molar-refractivity contribution is 0.0165. The molecule has 8 nitrogen and oxygen atoms in total. The molecule has 1 saturated heterocycles. The first kappa shape index (κ1) is 27.7. The predicted molar refractivity (Wildman–Crippen MR) is 114 cm³/mol. The van der Waals surface area contributed by atoms with E-state index in [0.717, 1.165) is 91.4 Å². The van der Waals surface area contributed by atoms with Crippen molar-refractivity contribution in [3.8, 4) is 0 Å². The van der Waals surface area contributed by atoms with E-state index in [9.17, 15) is 0 Å². The molecule has 0 bridgehead atoms.